The van der Waals surface area contributed by atoms with E-state index in [0.29, 0.717) is 12.5 Å². The van der Waals surface area contributed by atoms with Crippen molar-refractivity contribution in [2.75, 3.05) is 6.61 Å². The van der Waals surface area contributed by atoms with Crippen molar-refractivity contribution in [2.45, 2.75) is 67.1 Å². The first-order chi connectivity index (χ1) is 13.3. The molecular formula is C22H26F2N2OS. The molecule has 4 rings (SSSR count). The molecule has 28 heavy (non-hydrogen) atoms. The van der Waals surface area contributed by atoms with E-state index in [2.05, 4.69) is 29.8 Å². The number of hydrogen-bond acceptors (Lipinski definition) is 3. The molecule has 0 spiro atoms. The lowest BCUT2D eigenvalue weighted by Gasteiger charge is -2.37. The number of allylic oxidation sites excluding steroid dienone is 1. The first-order valence-electron chi connectivity index (χ1n) is 9.77. The molecule has 1 aliphatic heterocycles. The molecule has 2 heterocycles. The summed E-state index contributed by atoms with van der Waals surface area (Å²) in [5.41, 5.74) is 2.02. The normalized spacial score (nSPS) is 25.6. The minimum atomic E-state index is -3.01. The summed E-state index contributed by atoms with van der Waals surface area (Å²) in [5.74, 6) is -2.41. The lowest BCUT2D eigenvalue weighted by molar-refractivity contribution is -0.000332. The summed E-state index contributed by atoms with van der Waals surface area (Å²) < 4.78 is 34.6. The zero-order valence-electron chi connectivity index (χ0n) is 16.3. The Kier molecular flexibility index (Phi) is 5.12. The average Bonchev–Trinajstić information content (AvgIpc) is 3.38. The molecule has 6 heteroatoms. The maximum Gasteiger partial charge on any atom is 0.294 e. The van der Waals surface area contributed by atoms with E-state index in [1.54, 1.807) is 23.9 Å². The van der Waals surface area contributed by atoms with Crippen molar-refractivity contribution in [3.8, 4) is 0 Å². The van der Waals surface area contributed by atoms with Crippen molar-refractivity contribution in [3.05, 3.63) is 59.4 Å². The van der Waals surface area contributed by atoms with E-state index in [0.717, 1.165) is 29.1 Å². The van der Waals surface area contributed by atoms with Gasteiger partial charge in [-0.1, -0.05) is 18.7 Å². The van der Waals surface area contributed by atoms with Gasteiger partial charge in [-0.2, -0.15) is 13.9 Å². The fraction of sp³-hybridized carbons (Fsp3) is 0.500. The van der Waals surface area contributed by atoms with Gasteiger partial charge in [-0.3, -0.25) is 5.10 Å². The molecule has 0 radical (unpaired) electrons. The number of benzene rings is 1. The molecule has 1 aromatic carbocycles. The van der Waals surface area contributed by atoms with E-state index in [1.165, 1.54) is 25.8 Å². The molecule has 1 saturated carbocycles. The van der Waals surface area contributed by atoms with Crippen LogP contribution in [0.15, 0.2) is 47.4 Å². The first-order valence-corrected chi connectivity index (χ1v) is 10.6. The molecule has 0 bridgehead atoms. The molecular weight excluding hydrogens is 378 g/mol. The molecule has 1 aromatic heterocycles. The summed E-state index contributed by atoms with van der Waals surface area (Å²) in [5, 5.41) is 7.58. The fourth-order valence-corrected chi connectivity index (χ4v) is 4.98. The van der Waals surface area contributed by atoms with Gasteiger partial charge < -0.3 is 4.74 Å². The van der Waals surface area contributed by atoms with Crippen LogP contribution in [-0.4, -0.2) is 21.6 Å². The van der Waals surface area contributed by atoms with Crippen molar-refractivity contribution in [3.63, 3.8) is 0 Å². The monoisotopic (exact) mass is 404 g/mol. The second-order valence-electron chi connectivity index (χ2n) is 8.27. The number of aromatic amines is 1. The molecule has 2 aromatic rings. The topological polar surface area (TPSA) is 37.9 Å². The van der Waals surface area contributed by atoms with Gasteiger partial charge in [0.15, 0.2) is 0 Å². The first kappa shape index (κ1) is 19.6. The molecule has 150 valence electrons. The third-order valence-electron chi connectivity index (χ3n) is 5.62. The number of aromatic nitrogens is 2. The summed E-state index contributed by atoms with van der Waals surface area (Å²) in [6, 6.07) is 8.80. The number of thioether (sulfide) groups is 1. The van der Waals surface area contributed by atoms with Gasteiger partial charge >= 0.3 is 0 Å². The van der Waals surface area contributed by atoms with E-state index in [4.69, 9.17) is 4.74 Å². The van der Waals surface area contributed by atoms with Crippen LogP contribution < -0.4 is 0 Å². The highest BCUT2D eigenvalue weighted by Gasteiger charge is 2.37. The van der Waals surface area contributed by atoms with Crippen molar-refractivity contribution in [2.24, 2.45) is 0 Å². The van der Waals surface area contributed by atoms with Gasteiger partial charge in [-0.25, -0.2) is 0 Å². The largest absolute Gasteiger partial charge is 0.372 e. The number of ether oxygens (including phenoxy) is 1. The Labute approximate surface area is 168 Å². The fourth-order valence-electron chi connectivity index (χ4n) is 3.65. The molecule has 2 atom stereocenters. The Bertz CT molecular complexity index is 877. The van der Waals surface area contributed by atoms with Crippen molar-refractivity contribution in [1.29, 1.82) is 0 Å². The molecule has 2 unspecified atom stereocenters. The Balaban J connectivity index is 1.49. The van der Waals surface area contributed by atoms with E-state index in [9.17, 15) is 8.78 Å². The Hall–Kier alpha value is -1.66. The lowest BCUT2D eigenvalue weighted by Crippen LogP contribution is -2.32. The number of H-pyrrole nitrogens is 1. The molecule has 1 aliphatic carbocycles. The Morgan fingerprint density at radius 1 is 1.36 bits per heavy atom. The van der Waals surface area contributed by atoms with Crippen LogP contribution in [0.2, 0.25) is 0 Å². The summed E-state index contributed by atoms with van der Waals surface area (Å²) in [6.45, 7) is 7.64. The van der Waals surface area contributed by atoms with E-state index in [-0.39, 0.29) is 22.0 Å². The van der Waals surface area contributed by atoms with Gasteiger partial charge in [0.2, 0.25) is 0 Å². The number of hydrogen-bond donors (Lipinski definition) is 1. The van der Waals surface area contributed by atoms with Gasteiger partial charge in [0, 0.05) is 27.7 Å². The lowest BCUT2D eigenvalue weighted by atomic mass is 9.94. The molecule has 1 saturated heterocycles. The predicted molar refractivity (Wildman–Crippen MR) is 108 cm³/mol. The standard InChI is InChI=1S/C22H26F2N2OS/c1-14(2)22(23,24)16-5-4-6-17(11-16)28-21(3)9-10-27-20(13-21)19-12-18(25-26-19)15-7-8-15/h4-6,11-12,15,20H,1,7-10,13H2,2-3H3,(H,25,26). The average molecular weight is 405 g/mol. The van der Waals surface area contributed by atoms with Crippen LogP contribution in [0.5, 0.6) is 0 Å². The number of rotatable bonds is 6. The summed E-state index contributed by atoms with van der Waals surface area (Å²) >= 11 is 1.66. The highest BCUT2D eigenvalue weighted by atomic mass is 32.2. The quantitative estimate of drug-likeness (QED) is 0.570. The van der Waals surface area contributed by atoms with Crippen LogP contribution in [0, 0.1) is 0 Å². The molecule has 2 fully saturated rings. The Morgan fingerprint density at radius 2 is 2.14 bits per heavy atom. The van der Waals surface area contributed by atoms with E-state index in [1.807, 2.05) is 6.07 Å². The predicted octanol–water partition coefficient (Wildman–Crippen LogP) is 6.36. The second kappa shape index (κ2) is 7.30. The minimum Gasteiger partial charge on any atom is -0.372 e. The third-order valence-corrected chi connectivity index (χ3v) is 6.98. The van der Waals surface area contributed by atoms with Crippen LogP contribution in [0.25, 0.3) is 0 Å². The van der Waals surface area contributed by atoms with E-state index < -0.39 is 5.92 Å². The smallest absolute Gasteiger partial charge is 0.294 e. The zero-order chi connectivity index (χ0) is 19.9. The summed E-state index contributed by atoms with van der Waals surface area (Å²) in [6.07, 6.45) is 4.08. The van der Waals surface area contributed by atoms with Crippen LogP contribution >= 0.6 is 11.8 Å². The second-order valence-corrected chi connectivity index (χ2v) is 9.93. The maximum atomic E-state index is 14.3. The number of nitrogens with one attached hydrogen (secondary N) is 1. The Morgan fingerprint density at radius 3 is 2.86 bits per heavy atom. The van der Waals surface area contributed by atoms with Crippen molar-refractivity contribution < 1.29 is 13.5 Å². The van der Waals surface area contributed by atoms with Gasteiger partial charge in [0.1, 0.15) is 6.10 Å². The molecule has 0 amide bonds. The van der Waals surface area contributed by atoms with Crippen LogP contribution in [-0.2, 0) is 10.7 Å². The van der Waals surface area contributed by atoms with E-state index >= 15 is 0 Å². The number of halogens is 2. The van der Waals surface area contributed by atoms with Crippen LogP contribution in [0.4, 0.5) is 8.78 Å². The summed E-state index contributed by atoms with van der Waals surface area (Å²) in [7, 11) is 0. The van der Waals surface area contributed by atoms with Crippen molar-refractivity contribution in [1.82, 2.24) is 10.2 Å². The minimum absolute atomic E-state index is 0.000137. The summed E-state index contributed by atoms with van der Waals surface area (Å²) in [4.78, 5) is 0.852. The third kappa shape index (κ3) is 4.03. The zero-order valence-corrected chi connectivity index (χ0v) is 17.1. The highest BCUT2D eigenvalue weighted by molar-refractivity contribution is 8.00. The van der Waals surface area contributed by atoms with Crippen molar-refractivity contribution >= 4 is 11.8 Å². The SMILES string of the molecule is C=C(C)C(F)(F)c1cccc(SC2(C)CCOC(c3cc(C4CC4)n[nH]3)C2)c1. The van der Waals surface area contributed by atoms with Crippen LogP contribution in [0.3, 0.4) is 0 Å². The molecule has 1 N–H and O–H groups in total. The molecule has 2 aliphatic rings. The van der Waals surface area contributed by atoms with Gasteiger partial charge in [-0.15, -0.1) is 11.8 Å². The van der Waals surface area contributed by atoms with Gasteiger partial charge in [0.25, 0.3) is 5.92 Å². The van der Waals surface area contributed by atoms with Crippen LogP contribution in [0.1, 0.15) is 68.5 Å². The molecule has 3 nitrogen and oxygen atoms in total. The highest BCUT2D eigenvalue weighted by Crippen LogP contribution is 2.47. The maximum absolute atomic E-state index is 14.3. The number of nitrogens with zero attached hydrogens (tertiary/aromatic N) is 1. The van der Waals surface area contributed by atoms with Gasteiger partial charge in [0.05, 0.1) is 11.4 Å². The number of alkyl halides is 2. The van der Waals surface area contributed by atoms with Gasteiger partial charge in [-0.05, 0) is 63.3 Å².